The Morgan fingerprint density at radius 3 is 2.57 bits per heavy atom. The summed E-state index contributed by atoms with van der Waals surface area (Å²) in [7, 11) is 0. The number of nitrogens with one attached hydrogen (secondary N) is 1. The minimum Gasteiger partial charge on any atom is -0.369 e. The molecule has 202 valence electrons. The molecule has 0 spiro atoms. The van der Waals surface area contributed by atoms with Gasteiger partial charge in [-0.2, -0.15) is 17.6 Å². The maximum absolute atomic E-state index is 15.4. The fourth-order valence-electron chi connectivity index (χ4n) is 4.88. The van der Waals surface area contributed by atoms with Crippen molar-refractivity contribution in [2.24, 2.45) is 11.7 Å². The molecule has 2 aliphatic rings. The predicted molar refractivity (Wildman–Crippen MR) is 120 cm³/mol. The largest absolute Gasteiger partial charge is 0.416 e. The van der Waals surface area contributed by atoms with Gasteiger partial charge in [-0.15, -0.1) is 0 Å². The number of alkyl halides is 5. The van der Waals surface area contributed by atoms with Crippen LogP contribution in [0.25, 0.3) is 0 Å². The lowest BCUT2D eigenvalue weighted by molar-refractivity contribution is -0.137. The number of aromatic nitrogens is 2. The van der Waals surface area contributed by atoms with Crippen LogP contribution in [0.1, 0.15) is 36.4 Å². The average Bonchev–Trinajstić information content (AvgIpc) is 3.27. The molecule has 14 heteroatoms. The SMILES string of the molecule is NC(=O)CN1CCC(CNc2ncnc(N3CCC[C@H]3c3ccc(C(F)(F)F)cc3F)c2F)C(F)(F)C1. The maximum Gasteiger partial charge on any atom is 0.416 e. The number of amides is 1. The fraction of sp³-hybridized carbons (Fsp3) is 0.522. The molecule has 7 nitrogen and oxygen atoms in total. The quantitative estimate of drug-likeness (QED) is 0.523. The second kappa shape index (κ2) is 10.3. The topological polar surface area (TPSA) is 87.4 Å². The highest BCUT2D eigenvalue weighted by atomic mass is 19.4. The summed E-state index contributed by atoms with van der Waals surface area (Å²) in [6, 6.07) is 1.45. The van der Waals surface area contributed by atoms with E-state index in [0.717, 1.165) is 18.5 Å². The Morgan fingerprint density at radius 2 is 1.92 bits per heavy atom. The number of nitrogens with zero attached hydrogens (tertiary/aromatic N) is 4. The number of carbonyl (C=O) groups excluding carboxylic acids is 1. The molecule has 0 aliphatic carbocycles. The Kier molecular flexibility index (Phi) is 7.49. The summed E-state index contributed by atoms with van der Waals surface area (Å²) in [5, 5.41) is 2.61. The molecular formula is C23H25F7N6O. The molecule has 2 aliphatic heterocycles. The van der Waals surface area contributed by atoms with Crippen molar-refractivity contribution in [3.8, 4) is 0 Å². The van der Waals surface area contributed by atoms with Gasteiger partial charge in [0.2, 0.25) is 11.7 Å². The highest BCUT2D eigenvalue weighted by molar-refractivity contribution is 5.75. The van der Waals surface area contributed by atoms with Gasteiger partial charge in [-0.05, 0) is 37.9 Å². The molecule has 37 heavy (non-hydrogen) atoms. The Bertz CT molecular complexity index is 1150. The van der Waals surface area contributed by atoms with E-state index in [1.165, 1.54) is 9.80 Å². The van der Waals surface area contributed by atoms with E-state index in [2.05, 4.69) is 15.3 Å². The number of rotatable bonds is 7. The van der Waals surface area contributed by atoms with Crippen molar-refractivity contribution < 1.29 is 35.5 Å². The third-order valence-corrected chi connectivity index (χ3v) is 6.70. The minimum atomic E-state index is -4.71. The van der Waals surface area contributed by atoms with Gasteiger partial charge in [0.1, 0.15) is 12.1 Å². The molecule has 1 aromatic carbocycles. The predicted octanol–water partition coefficient (Wildman–Crippen LogP) is 3.97. The molecule has 4 rings (SSSR count). The van der Waals surface area contributed by atoms with Crippen LogP contribution in [0.2, 0.25) is 0 Å². The molecule has 0 bridgehead atoms. The lowest BCUT2D eigenvalue weighted by Crippen LogP contribution is -2.52. The summed E-state index contributed by atoms with van der Waals surface area (Å²) in [6.45, 7) is -0.767. The standard InChI is InChI=1S/C23H25F7N6O/c24-16-8-13(23(28,29)30)3-4-15(16)17-2-1-6-36(17)21-19(25)20(33-12-34-21)32-9-14-5-7-35(10-18(31)37)11-22(14,26)27/h3-4,8,12,14,17H,1-2,5-7,9-11H2,(H2,31,37)(H,32,33,34)/t14?,17-/m0/s1. The first kappa shape index (κ1) is 26.9. The van der Waals surface area contributed by atoms with E-state index in [1.54, 1.807) is 0 Å². The molecule has 0 radical (unpaired) electrons. The first-order valence-electron chi connectivity index (χ1n) is 11.6. The number of primary amides is 1. The summed E-state index contributed by atoms with van der Waals surface area (Å²) in [5.41, 5.74) is 3.92. The lowest BCUT2D eigenvalue weighted by atomic mass is 9.92. The van der Waals surface area contributed by atoms with Crippen LogP contribution in [0.3, 0.4) is 0 Å². The number of carbonyl (C=O) groups is 1. The number of hydrogen-bond donors (Lipinski definition) is 2. The summed E-state index contributed by atoms with van der Waals surface area (Å²) >= 11 is 0. The maximum atomic E-state index is 15.4. The summed E-state index contributed by atoms with van der Waals surface area (Å²) in [5.74, 6) is -7.55. The van der Waals surface area contributed by atoms with Crippen LogP contribution in [0.15, 0.2) is 24.5 Å². The Labute approximate surface area is 207 Å². The zero-order valence-electron chi connectivity index (χ0n) is 19.5. The molecule has 2 saturated heterocycles. The smallest absolute Gasteiger partial charge is 0.369 e. The molecule has 2 atom stereocenters. The van der Waals surface area contributed by atoms with Gasteiger partial charge >= 0.3 is 6.18 Å². The molecule has 1 aromatic heterocycles. The average molecular weight is 534 g/mol. The van der Waals surface area contributed by atoms with Crippen LogP contribution >= 0.6 is 0 Å². The van der Waals surface area contributed by atoms with E-state index >= 15 is 4.39 Å². The van der Waals surface area contributed by atoms with Gasteiger partial charge in [0.25, 0.3) is 5.92 Å². The summed E-state index contributed by atoms with van der Waals surface area (Å²) in [4.78, 5) is 21.5. The van der Waals surface area contributed by atoms with Crippen molar-refractivity contribution in [3.05, 3.63) is 47.3 Å². The molecule has 3 N–H and O–H groups in total. The van der Waals surface area contributed by atoms with E-state index in [1.807, 2.05) is 0 Å². The monoisotopic (exact) mass is 534 g/mol. The zero-order chi connectivity index (χ0) is 27.0. The van der Waals surface area contributed by atoms with E-state index in [4.69, 9.17) is 5.73 Å². The van der Waals surface area contributed by atoms with Crippen molar-refractivity contribution >= 4 is 17.5 Å². The van der Waals surface area contributed by atoms with Gasteiger partial charge in [0.15, 0.2) is 11.6 Å². The molecule has 3 heterocycles. The van der Waals surface area contributed by atoms with Crippen LogP contribution < -0.4 is 16.0 Å². The normalized spacial score (nSPS) is 22.3. The van der Waals surface area contributed by atoms with Crippen molar-refractivity contribution in [2.75, 3.05) is 42.9 Å². The van der Waals surface area contributed by atoms with E-state index in [9.17, 15) is 31.1 Å². The highest BCUT2D eigenvalue weighted by Crippen LogP contribution is 2.40. The number of hydrogen-bond acceptors (Lipinski definition) is 6. The second-order valence-electron chi connectivity index (χ2n) is 9.25. The minimum absolute atomic E-state index is 0.0274. The van der Waals surface area contributed by atoms with Crippen LogP contribution in [0.5, 0.6) is 0 Å². The van der Waals surface area contributed by atoms with Crippen molar-refractivity contribution in [2.45, 2.75) is 37.4 Å². The van der Waals surface area contributed by atoms with Crippen LogP contribution in [0.4, 0.5) is 42.4 Å². The molecule has 0 saturated carbocycles. The number of halogens is 7. The molecule has 1 amide bonds. The molecule has 2 fully saturated rings. The Morgan fingerprint density at radius 1 is 1.16 bits per heavy atom. The van der Waals surface area contributed by atoms with Gasteiger partial charge in [-0.3, -0.25) is 9.69 Å². The Hall–Kier alpha value is -3.16. The third-order valence-electron chi connectivity index (χ3n) is 6.70. The first-order valence-corrected chi connectivity index (χ1v) is 11.6. The van der Waals surface area contributed by atoms with Gasteiger partial charge in [0.05, 0.1) is 24.7 Å². The zero-order valence-corrected chi connectivity index (χ0v) is 19.5. The molecule has 2 aromatic rings. The summed E-state index contributed by atoms with van der Waals surface area (Å²) in [6.07, 6.45) is -2.78. The number of piperidine rings is 1. The number of benzene rings is 1. The van der Waals surface area contributed by atoms with Crippen LogP contribution in [-0.2, 0) is 11.0 Å². The number of nitrogens with two attached hydrogens (primary N) is 1. The van der Waals surface area contributed by atoms with Crippen molar-refractivity contribution in [1.82, 2.24) is 14.9 Å². The number of likely N-dealkylation sites (tertiary alicyclic amines) is 1. The highest BCUT2D eigenvalue weighted by Gasteiger charge is 2.44. The van der Waals surface area contributed by atoms with Gasteiger partial charge < -0.3 is 16.0 Å². The first-order chi connectivity index (χ1) is 17.4. The summed E-state index contributed by atoms with van der Waals surface area (Å²) < 4.78 is 98.0. The fourth-order valence-corrected chi connectivity index (χ4v) is 4.88. The van der Waals surface area contributed by atoms with Gasteiger partial charge in [-0.1, -0.05) is 6.07 Å². The van der Waals surface area contributed by atoms with Crippen LogP contribution in [-0.4, -0.2) is 59.4 Å². The lowest BCUT2D eigenvalue weighted by Gasteiger charge is -2.38. The van der Waals surface area contributed by atoms with E-state index < -0.39 is 53.7 Å². The van der Waals surface area contributed by atoms with Crippen molar-refractivity contribution in [1.29, 1.82) is 0 Å². The third kappa shape index (κ3) is 5.89. The van der Waals surface area contributed by atoms with Gasteiger partial charge in [-0.25, -0.2) is 23.1 Å². The van der Waals surface area contributed by atoms with E-state index in [0.29, 0.717) is 18.9 Å². The molecular weight excluding hydrogens is 509 g/mol. The molecule has 1 unspecified atom stereocenters. The van der Waals surface area contributed by atoms with Gasteiger partial charge in [0, 0.05) is 24.6 Å². The van der Waals surface area contributed by atoms with Crippen molar-refractivity contribution in [3.63, 3.8) is 0 Å². The van der Waals surface area contributed by atoms with Crippen LogP contribution in [0, 0.1) is 17.6 Å². The Balaban J connectivity index is 1.49. The second-order valence-corrected chi connectivity index (χ2v) is 9.25. The van der Waals surface area contributed by atoms with E-state index in [-0.39, 0.29) is 49.8 Å². The number of anilines is 2.